The Labute approximate surface area is 104 Å². The van der Waals surface area contributed by atoms with Crippen LogP contribution >= 0.6 is 15.9 Å². The molecule has 0 aliphatic heterocycles. The van der Waals surface area contributed by atoms with Crippen molar-refractivity contribution in [2.24, 2.45) is 0 Å². The zero-order valence-electron chi connectivity index (χ0n) is 10.0. The molecule has 0 N–H and O–H groups in total. The van der Waals surface area contributed by atoms with Crippen LogP contribution in [0.3, 0.4) is 0 Å². The highest BCUT2D eigenvalue weighted by atomic mass is 79.9. The third-order valence-corrected chi connectivity index (χ3v) is 2.77. The topological polar surface area (TPSA) is 39.2 Å². The van der Waals surface area contributed by atoms with Crippen LogP contribution in [-0.4, -0.2) is 17.6 Å². The van der Waals surface area contributed by atoms with Gasteiger partial charge in [-0.15, -0.1) is 0 Å². The number of nitrogens with zero attached hydrogens (tertiary/aromatic N) is 1. The van der Waals surface area contributed by atoms with Gasteiger partial charge in [0.15, 0.2) is 0 Å². The molecule has 0 radical (unpaired) electrons. The van der Waals surface area contributed by atoms with Gasteiger partial charge in [-0.2, -0.15) is 0 Å². The van der Waals surface area contributed by atoms with Gasteiger partial charge in [-0.1, -0.05) is 20.8 Å². The number of carbonyl (C=O) groups is 1. The molecule has 1 heterocycles. The van der Waals surface area contributed by atoms with Crippen LogP contribution in [0.2, 0.25) is 0 Å². The molecule has 1 aromatic rings. The summed E-state index contributed by atoms with van der Waals surface area (Å²) < 4.78 is 5.65. The minimum Gasteiger partial charge on any atom is -0.462 e. The first-order valence-electron chi connectivity index (χ1n) is 5.19. The van der Waals surface area contributed by atoms with E-state index in [-0.39, 0.29) is 11.4 Å². The quantitative estimate of drug-likeness (QED) is 0.783. The maximum atomic E-state index is 11.5. The van der Waals surface area contributed by atoms with E-state index in [4.69, 9.17) is 4.74 Å². The van der Waals surface area contributed by atoms with E-state index >= 15 is 0 Å². The zero-order chi connectivity index (χ0) is 12.3. The number of hydrogen-bond donors (Lipinski definition) is 0. The maximum absolute atomic E-state index is 11.5. The Kier molecular flexibility index (Phi) is 4.08. The van der Waals surface area contributed by atoms with Gasteiger partial charge in [0.25, 0.3) is 0 Å². The molecule has 0 aromatic carbocycles. The molecular weight excluding hydrogens is 270 g/mol. The summed E-state index contributed by atoms with van der Waals surface area (Å²) in [6, 6.07) is 1.87. The van der Waals surface area contributed by atoms with E-state index in [1.54, 1.807) is 13.1 Å². The van der Waals surface area contributed by atoms with Crippen molar-refractivity contribution < 1.29 is 9.53 Å². The summed E-state index contributed by atoms with van der Waals surface area (Å²) in [6.45, 7) is 8.37. The van der Waals surface area contributed by atoms with Gasteiger partial charge in [0.05, 0.1) is 12.2 Å². The minimum absolute atomic E-state index is 0.0320. The second-order valence-corrected chi connectivity index (χ2v) is 5.37. The summed E-state index contributed by atoms with van der Waals surface area (Å²) in [5, 5.41) is 0. The highest BCUT2D eigenvalue weighted by Crippen LogP contribution is 2.25. The third-order valence-electron chi connectivity index (χ3n) is 2.12. The number of rotatable bonds is 2. The summed E-state index contributed by atoms with van der Waals surface area (Å²) >= 11 is 3.37. The van der Waals surface area contributed by atoms with Gasteiger partial charge >= 0.3 is 5.97 Å². The van der Waals surface area contributed by atoms with Gasteiger partial charge in [-0.05, 0) is 28.9 Å². The van der Waals surface area contributed by atoms with E-state index in [2.05, 4.69) is 41.7 Å². The number of pyridine rings is 1. The predicted octanol–water partition coefficient (Wildman–Crippen LogP) is 3.32. The lowest BCUT2D eigenvalue weighted by molar-refractivity contribution is 0.0524. The standard InChI is InChI=1S/C12H16BrNO2/c1-5-16-11(15)8-7-14-10(6-9(8)13)12(2,3)4/h6-7H,5H2,1-4H3. The van der Waals surface area contributed by atoms with Crippen molar-refractivity contribution in [2.75, 3.05) is 6.61 Å². The van der Waals surface area contributed by atoms with Crippen LogP contribution in [0.15, 0.2) is 16.7 Å². The molecule has 1 aromatic heterocycles. The molecule has 0 fully saturated rings. The molecule has 88 valence electrons. The highest BCUT2D eigenvalue weighted by molar-refractivity contribution is 9.10. The van der Waals surface area contributed by atoms with Crippen molar-refractivity contribution in [2.45, 2.75) is 33.1 Å². The Bertz CT molecular complexity index is 396. The first kappa shape index (κ1) is 13.2. The Balaban J connectivity index is 3.05. The van der Waals surface area contributed by atoms with E-state index in [1.165, 1.54) is 0 Å². The average Bonchev–Trinajstić information content (AvgIpc) is 2.16. The summed E-state index contributed by atoms with van der Waals surface area (Å²) in [5.41, 5.74) is 1.37. The molecule has 0 aliphatic carbocycles. The van der Waals surface area contributed by atoms with Crippen molar-refractivity contribution >= 4 is 21.9 Å². The summed E-state index contributed by atoms with van der Waals surface area (Å²) in [4.78, 5) is 15.8. The lowest BCUT2D eigenvalue weighted by Crippen LogP contribution is -2.15. The summed E-state index contributed by atoms with van der Waals surface area (Å²) in [7, 11) is 0. The Morgan fingerprint density at radius 1 is 1.50 bits per heavy atom. The molecule has 0 amide bonds. The number of carbonyl (C=O) groups excluding carboxylic acids is 1. The molecule has 4 heteroatoms. The average molecular weight is 286 g/mol. The van der Waals surface area contributed by atoms with E-state index in [0.717, 1.165) is 10.2 Å². The van der Waals surface area contributed by atoms with E-state index in [1.807, 2.05) is 6.07 Å². The fraction of sp³-hybridized carbons (Fsp3) is 0.500. The van der Waals surface area contributed by atoms with Gasteiger partial charge in [0.2, 0.25) is 0 Å². The highest BCUT2D eigenvalue weighted by Gasteiger charge is 2.19. The number of halogens is 1. The number of ether oxygens (including phenoxy) is 1. The van der Waals surface area contributed by atoms with Crippen LogP contribution in [0.4, 0.5) is 0 Å². The largest absolute Gasteiger partial charge is 0.462 e. The second kappa shape index (κ2) is 4.95. The van der Waals surface area contributed by atoms with Crippen LogP contribution in [-0.2, 0) is 10.2 Å². The Hall–Kier alpha value is -0.900. The van der Waals surface area contributed by atoms with E-state index in [0.29, 0.717) is 12.2 Å². The maximum Gasteiger partial charge on any atom is 0.340 e. The van der Waals surface area contributed by atoms with Crippen molar-refractivity contribution in [3.05, 3.63) is 28.0 Å². The molecule has 16 heavy (non-hydrogen) atoms. The lowest BCUT2D eigenvalue weighted by atomic mass is 9.91. The summed E-state index contributed by atoms with van der Waals surface area (Å²) in [6.07, 6.45) is 1.56. The molecule has 3 nitrogen and oxygen atoms in total. The molecule has 1 rings (SSSR count). The van der Waals surface area contributed by atoms with Crippen molar-refractivity contribution in [3.8, 4) is 0 Å². The normalized spacial score (nSPS) is 11.3. The first-order valence-corrected chi connectivity index (χ1v) is 5.98. The van der Waals surface area contributed by atoms with E-state index < -0.39 is 0 Å². The molecule has 0 saturated carbocycles. The van der Waals surface area contributed by atoms with Crippen LogP contribution < -0.4 is 0 Å². The van der Waals surface area contributed by atoms with Gasteiger partial charge in [0.1, 0.15) is 0 Å². The van der Waals surface area contributed by atoms with Gasteiger partial charge in [-0.25, -0.2) is 4.79 Å². The lowest BCUT2D eigenvalue weighted by Gasteiger charge is -2.18. The Morgan fingerprint density at radius 3 is 2.56 bits per heavy atom. The molecule has 0 saturated heterocycles. The van der Waals surface area contributed by atoms with Crippen LogP contribution in [0.25, 0.3) is 0 Å². The van der Waals surface area contributed by atoms with Gasteiger partial charge in [0, 0.05) is 21.8 Å². The van der Waals surface area contributed by atoms with Crippen molar-refractivity contribution in [1.29, 1.82) is 0 Å². The molecule has 0 spiro atoms. The van der Waals surface area contributed by atoms with Crippen molar-refractivity contribution in [1.82, 2.24) is 4.98 Å². The third kappa shape index (κ3) is 3.04. The van der Waals surface area contributed by atoms with Crippen LogP contribution in [0.1, 0.15) is 43.7 Å². The van der Waals surface area contributed by atoms with Gasteiger partial charge in [-0.3, -0.25) is 4.98 Å². The molecule has 0 bridgehead atoms. The summed E-state index contributed by atoms with van der Waals surface area (Å²) in [5.74, 6) is -0.345. The predicted molar refractivity (Wildman–Crippen MR) is 66.6 cm³/mol. The number of hydrogen-bond acceptors (Lipinski definition) is 3. The molecule has 0 atom stereocenters. The van der Waals surface area contributed by atoms with Crippen LogP contribution in [0.5, 0.6) is 0 Å². The minimum atomic E-state index is -0.345. The van der Waals surface area contributed by atoms with E-state index in [9.17, 15) is 4.79 Å². The fourth-order valence-corrected chi connectivity index (χ4v) is 1.68. The Morgan fingerprint density at radius 2 is 2.12 bits per heavy atom. The number of aromatic nitrogens is 1. The van der Waals surface area contributed by atoms with Crippen LogP contribution in [0, 0.1) is 0 Å². The van der Waals surface area contributed by atoms with Crippen molar-refractivity contribution in [3.63, 3.8) is 0 Å². The zero-order valence-corrected chi connectivity index (χ0v) is 11.6. The SMILES string of the molecule is CCOC(=O)c1cnc(C(C)(C)C)cc1Br. The monoisotopic (exact) mass is 285 g/mol. The van der Waals surface area contributed by atoms with Gasteiger partial charge < -0.3 is 4.74 Å². The second-order valence-electron chi connectivity index (χ2n) is 4.52. The molecular formula is C12H16BrNO2. The number of esters is 1. The molecule has 0 unspecified atom stereocenters. The molecule has 0 aliphatic rings. The smallest absolute Gasteiger partial charge is 0.340 e. The fourth-order valence-electron chi connectivity index (χ4n) is 1.20. The first-order chi connectivity index (χ1) is 7.36.